The number of benzene rings is 7. The third-order valence-corrected chi connectivity index (χ3v) is 18.6. The Balaban J connectivity index is 1.17. The SMILES string of the molecule is Cc1cc2c(cc1-c1c(C)cc3c4c1Nc1cc5c(cc1B4c1cc4c(cc1N3c1cccc3c1oc1ccccc13)C(C)(C)CC4(C)C)C(C)(C)c1ccccc1C5(C)C)C(C)(C)CCC2(C)C. The van der Waals surface area contributed by atoms with E-state index >= 15 is 0 Å². The lowest BCUT2D eigenvalue weighted by atomic mass is 9.32. The summed E-state index contributed by atoms with van der Waals surface area (Å²) in [5.41, 5.74) is 28.7. The summed E-state index contributed by atoms with van der Waals surface area (Å²) in [6.07, 6.45) is 3.47. The number of nitrogens with one attached hydrogen (secondary N) is 1. The Morgan fingerprint density at radius 1 is 0.493 bits per heavy atom. The van der Waals surface area contributed by atoms with Gasteiger partial charge in [0.2, 0.25) is 0 Å². The lowest BCUT2D eigenvalue weighted by molar-refractivity contribution is 0.332. The van der Waals surface area contributed by atoms with E-state index in [1.165, 1.54) is 119 Å². The zero-order valence-corrected chi connectivity index (χ0v) is 43.4. The summed E-state index contributed by atoms with van der Waals surface area (Å²) in [5, 5.41) is 6.66. The van der Waals surface area contributed by atoms with Crippen LogP contribution in [0.25, 0.3) is 33.1 Å². The summed E-state index contributed by atoms with van der Waals surface area (Å²) >= 11 is 0. The average molecular weight is 903 g/mol. The Morgan fingerprint density at radius 3 is 1.77 bits per heavy atom. The predicted molar refractivity (Wildman–Crippen MR) is 294 cm³/mol. The molecule has 13 rings (SSSR count). The standard InChI is InChI=1S/C65H67BN2O/c1-36-28-43-44(61(5,6)27-26-60(43,3)4)30-40(36)56-37(2)29-54-57-58(56)67-51-33-48-47(64(11,12)41-22-16-17-23-42(41)65(48,13)14)32-49(51)66(57)50-31-45-46(63(9,10)35-62(45,7)8)34-53(50)68(54)52-24-19-21-39-38-20-15-18-25-55(38)69-59(39)52/h15-25,28-34,67H,26-27,35H2,1-14H3. The van der Waals surface area contributed by atoms with Crippen LogP contribution in [0.15, 0.2) is 114 Å². The number of rotatable bonds is 2. The summed E-state index contributed by atoms with van der Waals surface area (Å²) in [5.74, 6) is 0. The van der Waals surface area contributed by atoms with Crippen molar-refractivity contribution in [3.63, 3.8) is 0 Å². The summed E-state index contributed by atoms with van der Waals surface area (Å²) in [7, 11) is 0. The maximum Gasteiger partial charge on any atom is 0.252 e. The van der Waals surface area contributed by atoms with Crippen LogP contribution >= 0.6 is 0 Å². The van der Waals surface area contributed by atoms with Crippen LogP contribution in [-0.2, 0) is 32.5 Å². The van der Waals surface area contributed by atoms with E-state index in [9.17, 15) is 0 Å². The van der Waals surface area contributed by atoms with Crippen LogP contribution in [0.2, 0.25) is 0 Å². The molecular formula is C65H67BN2O. The first kappa shape index (κ1) is 43.1. The van der Waals surface area contributed by atoms with Crippen LogP contribution in [0.5, 0.6) is 0 Å². The van der Waals surface area contributed by atoms with Gasteiger partial charge in [-0.25, -0.2) is 0 Å². The van der Waals surface area contributed by atoms with E-state index in [1.807, 2.05) is 0 Å². The molecule has 0 amide bonds. The molecule has 2 aliphatic heterocycles. The van der Waals surface area contributed by atoms with Crippen molar-refractivity contribution in [3.05, 3.63) is 165 Å². The molecule has 4 heteroatoms. The molecule has 0 atom stereocenters. The van der Waals surface area contributed by atoms with Gasteiger partial charge in [0, 0.05) is 49.9 Å². The van der Waals surface area contributed by atoms with Crippen LogP contribution < -0.4 is 26.6 Å². The van der Waals surface area contributed by atoms with Crippen molar-refractivity contribution in [1.82, 2.24) is 0 Å². The molecule has 0 radical (unpaired) electrons. The van der Waals surface area contributed by atoms with Crippen LogP contribution in [0.4, 0.5) is 28.4 Å². The molecule has 0 saturated carbocycles. The average Bonchev–Trinajstić information content (AvgIpc) is 3.76. The molecule has 3 nitrogen and oxygen atoms in total. The van der Waals surface area contributed by atoms with Gasteiger partial charge in [0.15, 0.2) is 5.58 Å². The predicted octanol–water partition coefficient (Wildman–Crippen LogP) is 15.5. The highest BCUT2D eigenvalue weighted by Gasteiger charge is 2.50. The molecule has 0 saturated heterocycles. The topological polar surface area (TPSA) is 28.4 Å². The second-order valence-corrected chi connectivity index (χ2v) is 25.7. The van der Waals surface area contributed by atoms with Gasteiger partial charge in [0.25, 0.3) is 6.71 Å². The lowest BCUT2D eigenvalue weighted by Gasteiger charge is -2.47. The fraction of sp³-hybridized carbons (Fsp3) is 0.354. The number of anilines is 5. The Morgan fingerprint density at radius 2 is 1.07 bits per heavy atom. The van der Waals surface area contributed by atoms with Crippen molar-refractivity contribution >= 4 is 73.5 Å². The molecule has 1 aromatic heterocycles. The first-order valence-electron chi connectivity index (χ1n) is 25.8. The highest BCUT2D eigenvalue weighted by atomic mass is 16.3. The molecular weight excluding hydrogens is 836 g/mol. The van der Waals surface area contributed by atoms with Crippen molar-refractivity contribution in [1.29, 1.82) is 0 Å². The number of fused-ring (bicyclic) bond motifs is 11. The molecule has 69 heavy (non-hydrogen) atoms. The molecule has 0 unspecified atom stereocenters. The molecule has 0 fully saturated rings. The van der Waals surface area contributed by atoms with E-state index in [0.29, 0.717) is 0 Å². The fourth-order valence-corrected chi connectivity index (χ4v) is 15.0. The van der Waals surface area contributed by atoms with Gasteiger partial charge in [-0.1, -0.05) is 156 Å². The van der Waals surface area contributed by atoms with E-state index in [0.717, 1.165) is 34.0 Å². The van der Waals surface area contributed by atoms with E-state index in [1.54, 1.807) is 0 Å². The minimum Gasteiger partial charge on any atom is -0.454 e. The molecule has 346 valence electrons. The lowest BCUT2D eigenvalue weighted by Crippen LogP contribution is -2.61. The summed E-state index contributed by atoms with van der Waals surface area (Å²) in [6.45, 7) is 34.2. The van der Waals surface area contributed by atoms with Crippen molar-refractivity contribution in [3.8, 4) is 11.1 Å². The van der Waals surface area contributed by atoms with Gasteiger partial charge < -0.3 is 14.6 Å². The number of nitrogens with zero attached hydrogens (tertiary/aromatic N) is 1. The molecule has 5 aliphatic rings. The third kappa shape index (κ3) is 5.64. The maximum absolute atomic E-state index is 6.99. The molecule has 7 aromatic carbocycles. The molecule has 1 N–H and O–H groups in total. The molecule has 0 bridgehead atoms. The Hall–Kier alpha value is -6.00. The van der Waals surface area contributed by atoms with Gasteiger partial charge in [0.05, 0.1) is 5.69 Å². The van der Waals surface area contributed by atoms with Crippen molar-refractivity contribution in [2.45, 2.75) is 149 Å². The smallest absolute Gasteiger partial charge is 0.252 e. The third-order valence-electron chi connectivity index (χ3n) is 18.6. The number of hydrogen-bond donors (Lipinski definition) is 1. The van der Waals surface area contributed by atoms with Gasteiger partial charge >= 0.3 is 0 Å². The van der Waals surface area contributed by atoms with Gasteiger partial charge in [-0.3, -0.25) is 0 Å². The van der Waals surface area contributed by atoms with Gasteiger partial charge in [-0.2, -0.15) is 0 Å². The summed E-state index contributed by atoms with van der Waals surface area (Å²) in [4.78, 5) is 2.60. The van der Waals surface area contributed by atoms with Crippen molar-refractivity contribution in [2.75, 3.05) is 10.2 Å². The minimum atomic E-state index is -0.191. The van der Waals surface area contributed by atoms with Crippen molar-refractivity contribution in [2.24, 2.45) is 0 Å². The van der Waals surface area contributed by atoms with Crippen molar-refractivity contribution < 1.29 is 4.42 Å². The molecule has 3 aliphatic carbocycles. The maximum atomic E-state index is 6.99. The van der Waals surface area contributed by atoms with E-state index in [-0.39, 0.29) is 39.2 Å². The van der Waals surface area contributed by atoms with Gasteiger partial charge in [-0.05, 0) is 169 Å². The van der Waals surface area contributed by atoms with Crippen LogP contribution in [0.1, 0.15) is 158 Å². The normalized spacial score (nSPS) is 19.7. The highest BCUT2D eigenvalue weighted by molar-refractivity contribution is 7.00. The first-order valence-corrected chi connectivity index (χ1v) is 25.8. The molecule has 8 aromatic rings. The molecule has 3 heterocycles. The number of para-hydroxylation sites is 2. The van der Waals surface area contributed by atoms with E-state index < -0.39 is 0 Å². The minimum absolute atomic E-state index is 0.0104. The second-order valence-electron chi connectivity index (χ2n) is 25.7. The van der Waals surface area contributed by atoms with Crippen LogP contribution in [-0.4, -0.2) is 6.71 Å². The Kier molecular flexibility index (Phi) is 8.39. The number of furan rings is 1. The first-order chi connectivity index (χ1) is 32.5. The number of hydrogen-bond acceptors (Lipinski definition) is 3. The Labute approximate surface area is 410 Å². The monoisotopic (exact) mass is 903 g/mol. The van der Waals surface area contributed by atoms with Gasteiger partial charge in [0.1, 0.15) is 5.58 Å². The fourth-order valence-electron chi connectivity index (χ4n) is 15.0. The molecule has 0 spiro atoms. The van der Waals surface area contributed by atoms with Crippen LogP contribution in [0.3, 0.4) is 0 Å². The number of aryl methyl sites for hydroxylation is 2. The summed E-state index contributed by atoms with van der Waals surface area (Å²) in [6, 6.07) is 42.7. The van der Waals surface area contributed by atoms with E-state index in [4.69, 9.17) is 4.42 Å². The highest BCUT2D eigenvalue weighted by Crippen LogP contribution is 2.56. The quantitative estimate of drug-likeness (QED) is 0.175. The zero-order valence-electron chi connectivity index (χ0n) is 43.4. The second kappa shape index (κ2) is 13.4. The van der Waals surface area contributed by atoms with Gasteiger partial charge in [-0.15, -0.1) is 0 Å². The van der Waals surface area contributed by atoms with E-state index in [2.05, 4.69) is 216 Å². The zero-order chi connectivity index (χ0) is 48.3. The Bertz CT molecular complexity index is 3610. The van der Waals surface area contributed by atoms with Crippen LogP contribution in [0, 0.1) is 13.8 Å². The summed E-state index contributed by atoms with van der Waals surface area (Å²) < 4.78 is 6.99. The largest absolute Gasteiger partial charge is 0.454 e.